The average Bonchev–Trinajstić information content (AvgIpc) is 3.01. The zero-order chi connectivity index (χ0) is 18.5. The predicted molar refractivity (Wildman–Crippen MR) is 106 cm³/mol. The second-order valence-electron chi connectivity index (χ2n) is 6.00. The highest BCUT2D eigenvalue weighted by Gasteiger charge is 2.15. The zero-order valence-electron chi connectivity index (χ0n) is 15.2. The normalized spacial score (nSPS) is 10.7. The van der Waals surface area contributed by atoms with Gasteiger partial charge in [0.25, 0.3) is 0 Å². The summed E-state index contributed by atoms with van der Waals surface area (Å²) in [6.45, 7) is 6.05. The van der Waals surface area contributed by atoms with E-state index in [-0.39, 0.29) is 11.7 Å². The Balaban J connectivity index is 1.73. The van der Waals surface area contributed by atoms with Crippen molar-refractivity contribution in [3.63, 3.8) is 0 Å². The van der Waals surface area contributed by atoms with Crippen LogP contribution in [0.4, 0.5) is 5.69 Å². The molecule has 0 radical (unpaired) electrons. The zero-order valence-corrected chi connectivity index (χ0v) is 16.0. The maximum Gasteiger partial charge on any atom is 0.234 e. The van der Waals surface area contributed by atoms with Gasteiger partial charge in [0.2, 0.25) is 5.91 Å². The number of rotatable bonds is 6. The number of nitrogens with zero attached hydrogens (tertiary/aromatic N) is 3. The molecule has 0 spiro atoms. The van der Waals surface area contributed by atoms with Gasteiger partial charge in [-0.2, -0.15) is 0 Å². The second-order valence-corrected chi connectivity index (χ2v) is 6.94. The highest BCUT2D eigenvalue weighted by Crippen LogP contribution is 2.24. The van der Waals surface area contributed by atoms with Gasteiger partial charge < -0.3 is 5.32 Å². The van der Waals surface area contributed by atoms with Gasteiger partial charge in [0.05, 0.1) is 11.4 Å². The predicted octanol–water partition coefficient (Wildman–Crippen LogP) is 4.18. The number of nitrogens with one attached hydrogen (secondary N) is 1. The quantitative estimate of drug-likeness (QED) is 0.665. The number of hydrogen-bond acceptors (Lipinski definition) is 4. The van der Waals surface area contributed by atoms with Crippen molar-refractivity contribution in [1.82, 2.24) is 14.8 Å². The third-order valence-corrected chi connectivity index (χ3v) is 5.09. The highest BCUT2D eigenvalue weighted by atomic mass is 32.2. The minimum absolute atomic E-state index is 0.0483. The van der Waals surface area contributed by atoms with Crippen molar-refractivity contribution in [2.75, 3.05) is 11.1 Å². The first-order valence-corrected chi connectivity index (χ1v) is 9.57. The number of carbonyl (C=O) groups excluding carboxylic acids is 1. The number of aryl methyl sites for hydroxylation is 3. The van der Waals surface area contributed by atoms with Gasteiger partial charge in [0, 0.05) is 5.69 Å². The third-order valence-electron chi connectivity index (χ3n) is 4.16. The molecule has 3 rings (SSSR count). The number of benzene rings is 2. The molecule has 5 nitrogen and oxygen atoms in total. The van der Waals surface area contributed by atoms with Gasteiger partial charge in [-0.05, 0) is 43.5 Å². The molecule has 1 aromatic heterocycles. The molecule has 1 amide bonds. The van der Waals surface area contributed by atoms with E-state index >= 15 is 0 Å². The number of hydrogen-bond donors (Lipinski definition) is 1. The number of para-hydroxylation sites is 2. The maximum absolute atomic E-state index is 12.4. The molecule has 6 heteroatoms. The lowest BCUT2D eigenvalue weighted by Crippen LogP contribution is -2.15. The smallest absolute Gasteiger partial charge is 0.234 e. The molecule has 1 heterocycles. The summed E-state index contributed by atoms with van der Waals surface area (Å²) >= 11 is 1.39. The van der Waals surface area contributed by atoms with Crippen molar-refractivity contribution in [2.24, 2.45) is 0 Å². The summed E-state index contributed by atoms with van der Waals surface area (Å²) in [5.41, 5.74) is 4.18. The lowest BCUT2D eigenvalue weighted by atomic mass is 10.1. The van der Waals surface area contributed by atoms with Gasteiger partial charge in [-0.3, -0.25) is 9.36 Å². The number of amides is 1. The Bertz CT molecular complexity index is 920. The van der Waals surface area contributed by atoms with Crippen molar-refractivity contribution >= 4 is 23.4 Å². The van der Waals surface area contributed by atoms with E-state index in [2.05, 4.69) is 35.4 Å². The van der Waals surface area contributed by atoms with E-state index in [1.165, 1.54) is 11.8 Å². The first kappa shape index (κ1) is 18.2. The first-order chi connectivity index (χ1) is 12.6. The Morgan fingerprint density at radius 3 is 2.58 bits per heavy atom. The molecule has 0 aliphatic carbocycles. The van der Waals surface area contributed by atoms with E-state index in [1.807, 2.05) is 54.0 Å². The topological polar surface area (TPSA) is 59.8 Å². The van der Waals surface area contributed by atoms with Crippen molar-refractivity contribution in [2.45, 2.75) is 32.3 Å². The second kappa shape index (κ2) is 8.19. The van der Waals surface area contributed by atoms with Crippen LogP contribution in [0.2, 0.25) is 0 Å². The molecule has 0 bridgehead atoms. The maximum atomic E-state index is 12.4. The van der Waals surface area contributed by atoms with Gasteiger partial charge in [0.15, 0.2) is 5.16 Å². The minimum atomic E-state index is -0.0483. The van der Waals surface area contributed by atoms with E-state index in [9.17, 15) is 4.79 Å². The highest BCUT2D eigenvalue weighted by molar-refractivity contribution is 7.99. The molecule has 0 unspecified atom stereocenters. The summed E-state index contributed by atoms with van der Waals surface area (Å²) in [6.07, 6.45) is 0.879. The van der Waals surface area contributed by atoms with Crippen LogP contribution < -0.4 is 5.32 Å². The fourth-order valence-electron chi connectivity index (χ4n) is 2.80. The van der Waals surface area contributed by atoms with E-state index in [0.717, 1.165) is 39.9 Å². The summed E-state index contributed by atoms with van der Waals surface area (Å²) in [4.78, 5) is 12.4. The largest absolute Gasteiger partial charge is 0.325 e. The Labute approximate surface area is 157 Å². The average molecular weight is 366 g/mol. The summed E-state index contributed by atoms with van der Waals surface area (Å²) in [7, 11) is 0. The fraction of sp³-hybridized carbons (Fsp3) is 0.250. The molecule has 0 saturated carbocycles. The Morgan fingerprint density at radius 1 is 1.08 bits per heavy atom. The molecule has 134 valence electrons. The third kappa shape index (κ3) is 3.96. The molecule has 2 aromatic carbocycles. The lowest BCUT2D eigenvalue weighted by molar-refractivity contribution is -0.113. The molecular formula is C20H22N4OS. The number of anilines is 1. The van der Waals surface area contributed by atoms with Gasteiger partial charge in [-0.25, -0.2) is 0 Å². The molecule has 0 saturated heterocycles. The molecular weight excluding hydrogens is 344 g/mol. The summed E-state index contributed by atoms with van der Waals surface area (Å²) < 4.78 is 1.99. The van der Waals surface area contributed by atoms with Crippen LogP contribution in [0.25, 0.3) is 5.69 Å². The van der Waals surface area contributed by atoms with Crippen LogP contribution in [0.15, 0.2) is 53.7 Å². The molecule has 0 aliphatic heterocycles. The number of aromatic nitrogens is 3. The summed E-state index contributed by atoms with van der Waals surface area (Å²) in [5.74, 6) is 1.04. The van der Waals surface area contributed by atoms with Crippen LogP contribution in [0, 0.1) is 13.8 Å². The van der Waals surface area contributed by atoms with Crippen molar-refractivity contribution in [1.29, 1.82) is 0 Å². The molecule has 0 fully saturated rings. The van der Waals surface area contributed by atoms with Crippen LogP contribution in [0.1, 0.15) is 23.9 Å². The van der Waals surface area contributed by atoms with Gasteiger partial charge in [-0.1, -0.05) is 55.1 Å². The van der Waals surface area contributed by atoms with Crippen LogP contribution >= 0.6 is 11.8 Å². The van der Waals surface area contributed by atoms with E-state index < -0.39 is 0 Å². The molecule has 0 atom stereocenters. The SMILES string of the molecule is CCc1ccccc1NC(=O)CSc1nnc(C)n1-c1ccccc1C. The Morgan fingerprint density at radius 2 is 1.81 bits per heavy atom. The Kier molecular flexibility index (Phi) is 5.73. The summed E-state index contributed by atoms with van der Waals surface area (Å²) in [5, 5.41) is 12.1. The van der Waals surface area contributed by atoms with Gasteiger partial charge in [-0.15, -0.1) is 10.2 Å². The van der Waals surface area contributed by atoms with E-state index in [4.69, 9.17) is 0 Å². The molecule has 0 aliphatic rings. The van der Waals surface area contributed by atoms with Crippen molar-refractivity contribution < 1.29 is 4.79 Å². The van der Waals surface area contributed by atoms with Gasteiger partial charge >= 0.3 is 0 Å². The monoisotopic (exact) mass is 366 g/mol. The van der Waals surface area contributed by atoms with Crippen molar-refractivity contribution in [3.05, 3.63) is 65.5 Å². The molecule has 1 N–H and O–H groups in total. The first-order valence-electron chi connectivity index (χ1n) is 8.58. The van der Waals surface area contributed by atoms with Crippen LogP contribution in [0.5, 0.6) is 0 Å². The Hall–Kier alpha value is -2.60. The van der Waals surface area contributed by atoms with Crippen LogP contribution in [0.3, 0.4) is 0 Å². The number of carbonyl (C=O) groups is 1. The van der Waals surface area contributed by atoms with Crippen molar-refractivity contribution in [3.8, 4) is 5.69 Å². The van der Waals surface area contributed by atoms with Gasteiger partial charge in [0.1, 0.15) is 5.82 Å². The molecule has 26 heavy (non-hydrogen) atoms. The fourth-order valence-corrected chi connectivity index (χ4v) is 3.59. The van der Waals surface area contributed by atoms with Crippen LogP contribution in [-0.4, -0.2) is 26.4 Å². The molecule has 3 aromatic rings. The summed E-state index contributed by atoms with van der Waals surface area (Å²) in [6, 6.07) is 16.0. The van der Waals surface area contributed by atoms with Crippen LogP contribution in [-0.2, 0) is 11.2 Å². The van der Waals surface area contributed by atoms with E-state index in [0.29, 0.717) is 0 Å². The lowest BCUT2D eigenvalue weighted by Gasteiger charge is -2.12. The number of thioether (sulfide) groups is 1. The standard InChI is InChI=1S/C20H22N4OS/c1-4-16-10-6-7-11-17(16)21-19(25)13-26-20-23-22-15(3)24(20)18-12-8-5-9-14(18)2/h5-12H,4,13H2,1-3H3,(H,21,25). The minimum Gasteiger partial charge on any atom is -0.325 e. The van der Waals surface area contributed by atoms with E-state index in [1.54, 1.807) is 0 Å².